The van der Waals surface area contributed by atoms with E-state index in [0.29, 0.717) is 27.8 Å². The number of benzene rings is 3. The lowest BCUT2D eigenvalue weighted by Crippen LogP contribution is -2.61. The van der Waals surface area contributed by atoms with Gasteiger partial charge in [0.25, 0.3) is 0 Å². The van der Waals surface area contributed by atoms with Gasteiger partial charge in [-0.2, -0.15) is 0 Å². The first-order valence-corrected chi connectivity index (χ1v) is 17.5. The predicted molar refractivity (Wildman–Crippen MR) is 194 cm³/mol. The molecule has 1 saturated carbocycles. The number of ether oxygens (including phenoxy) is 5. The third-order valence-electron chi connectivity index (χ3n) is 10.0. The van der Waals surface area contributed by atoms with Gasteiger partial charge in [-0.15, -0.1) is 0 Å². The van der Waals surface area contributed by atoms with Gasteiger partial charge in [-0.25, -0.2) is 0 Å². The lowest BCUT2D eigenvalue weighted by molar-refractivity contribution is -0.544. The van der Waals surface area contributed by atoms with E-state index >= 15 is 4.79 Å². The zero-order valence-electron chi connectivity index (χ0n) is 31.1. The summed E-state index contributed by atoms with van der Waals surface area (Å²) in [5.41, 5.74) is -1.77. The number of carbonyl (C=O) groups is 6. The van der Waals surface area contributed by atoms with Crippen LogP contribution in [0.3, 0.4) is 0 Å². The average molecular weight is 756 g/mol. The van der Waals surface area contributed by atoms with Gasteiger partial charge < -0.3 is 23.7 Å². The minimum Gasteiger partial charge on any atom is -0.462 e. The summed E-state index contributed by atoms with van der Waals surface area (Å²) in [7, 11) is 0. The van der Waals surface area contributed by atoms with Gasteiger partial charge in [0.05, 0.1) is 11.3 Å². The zero-order chi connectivity index (χ0) is 40.2. The molecule has 0 aromatic heterocycles. The number of nitrogens with zero attached hydrogens (tertiary/aromatic N) is 1. The molecular weight excluding hydrogens is 714 g/mol. The van der Waals surface area contributed by atoms with E-state index in [-0.39, 0.29) is 0 Å². The molecule has 3 aromatic carbocycles. The standard InChI is InChI=1S/C41H41NO13/c1-23(43)51-22-31(52-24(2)44)35(53-25(3)45)37(55-27(5)47)36(54-26(4)46)34-38(42(49)50)40(6)32(28-16-10-7-11-17-28)33(29-18-12-8-13-19-29)41(34,39(40)48)30-20-14-9-15-21-30/h7-21,31,34-38H,22H2,1-6H3/t31-,34+,35-,36-,37+,38+,40+,41-/m1/s1. The Kier molecular flexibility index (Phi) is 11.7. The van der Waals surface area contributed by atoms with E-state index in [4.69, 9.17) is 23.7 Å². The normalized spacial score (nSPS) is 23.5. The fourth-order valence-corrected chi connectivity index (χ4v) is 8.46. The number of fused-ring (bicyclic) bond motifs is 2. The van der Waals surface area contributed by atoms with E-state index in [1.54, 1.807) is 91.0 Å². The molecule has 0 N–H and O–H groups in total. The Morgan fingerprint density at radius 1 is 0.655 bits per heavy atom. The van der Waals surface area contributed by atoms with Crippen molar-refractivity contribution >= 4 is 46.8 Å². The summed E-state index contributed by atoms with van der Waals surface area (Å²) in [5.74, 6) is -6.99. The van der Waals surface area contributed by atoms with Crippen LogP contribution in [0.15, 0.2) is 91.0 Å². The summed E-state index contributed by atoms with van der Waals surface area (Å²) < 4.78 is 28.1. The van der Waals surface area contributed by atoms with Gasteiger partial charge in [0, 0.05) is 39.5 Å². The zero-order valence-corrected chi connectivity index (χ0v) is 31.1. The SMILES string of the molecule is CC(=O)OC[C@@H](OC(C)=O)[C@@H](OC(C)=O)[C@H](OC(C)=O)[C@H](OC(C)=O)[C@H]1[C@H]([N+](=O)[O-])[C@@]2(C)C(=O)[C@]1(c1ccccc1)C(c1ccccc1)=C2c1ccccc1. The molecule has 5 rings (SSSR count). The van der Waals surface area contributed by atoms with Gasteiger partial charge in [-0.1, -0.05) is 91.0 Å². The lowest BCUT2D eigenvalue weighted by atomic mass is 9.59. The minimum atomic E-state index is -1.99. The van der Waals surface area contributed by atoms with Crippen molar-refractivity contribution in [2.45, 2.75) is 77.4 Å². The van der Waals surface area contributed by atoms with E-state index in [0.717, 1.165) is 34.6 Å². The topological polar surface area (TPSA) is 192 Å². The van der Waals surface area contributed by atoms with Crippen LogP contribution in [-0.2, 0) is 57.9 Å². The molecule has 2 aliphatic rings. The van der Waals surface area contributed by atoms with Crippen LogP contribution < -0.4 is 0 Å². The second kappa shape index (κ2) is 16.0. The van der Waals surface area contributed by atoms with E-state index < -0.39 is 94.4 Å². The maximum atomic E-state index is 15.7. The molecule has 0 saturated heterocycles. The fraction of sp³-hybridized carbons (Fsp3) is 0.366. The third-order valence-corrected chi connectivity index (χ3v) is 10.0. The highest BCUT2D eigenvalue weighted by Gasteiger charge is 2.81. The van der Waals surface area contributed by atoms with Gasteiger partial charge in [0.2, 0.25) is 6.04 Å². The minimum absolute atomic E-state index is 0.310. The summed E-state index contributed by atoms with van der Waals surface area (Å²) in [5, 5.41) is 13.8. The molecule has 288 valence electrons. The van der Waals surface area contributed by atoms with Crippen LogP contribution in [-0.4, -0.2) is 77.6 Å². The fourth-order valence-electron chi connectivity index (χ4n) is 8.46. The molecule has 55 heavy (non-hydrogen) atoms. The summed E-state index contributed by atoms with van der Waals surface area (Å²) in [6, 6.07) is 24.0. The lowest BCUT2D eigenvalue weighted by Gasteiger charge is -2.45. The molecular formula is C41H41NO13. The third kappa shape index (κ3) is 7.36. The van der Waals surface area contributed by atoms with Crippen molar-refractivity contribution in [3.63, 3.8) is 0 Å². The maximum absolute atomic E-state index is 15.7. The average Bonchev–Trinajstić information content (AvgIpc) is 3.46. The highest BCUT2D eigenvalue weighted by Crippen LogP contribution is 2.71. The quantitative estimate of drug-likeness (QED) is 0.0954. The molecule has 2 aliphatic carbocycles. The maximum Gasteiger partial charge on any atom is 0.303 e. The number of carbonyl (C=O) groups excluding carboxylic acids is 6. The van der Waals surface area contributed by atoms with Crippen molar-refractivity contribution in [3.05, 3.63) is 118 Å². The number of esters is 5. The second-order valence-corrected chi connectivity index (χ2v) is 13.6. The first-order valence-electron chi connectivity index (χ1n) is 17.5. The summed E-state index contributed by atoms with van der Waals surface area (Å²) in [6.07, 6.45) is -7.51. The summed E-state index contributed by atoms with van der Waals surface area (Å²) in [4.78, 5) is 92.3. The van der Waals surface area contributed by atoms with Crippen molar-refractivity contribution in [1.82, 2.24) is 0 Å². The number of hydrogen-bond donors (Lipinski definition) is 0. The number of rotatable bonds is 14. The van der Waals surface area contributed by atoms with Crippen molar-refractivity contribution in [1.29, 1.82) is 0 Å². The monoisotopic (exact) mass is 755 g/mol. The van der Waals surface area contributed by atoms with Crippen LogP contribution in [0.2, 0.25) is 0 Å². The molecule has 0 radical (unpaired) electrons. The number of ketones is 1. The predicted octanol–water partition coefficient (Wildman–Crippen LogP) is 4.69. The Hall–Kier alpha value is -6.18. The number of hydrogen-bond acceptors (Lipinski definition) is 13. The Morgan fingerprint density at radius 3 is 1.56 bits per heavy atom. The number of allylic oxidation sites excluding steroid dienone is 1. The molecule has 1 fully saturated rings. The molecule has 0 aliphatic heterocycles. The van der Waals surface area contributed by atoms with Crippen LogP contribution in [0.25, 0.3) is 11.1 Å². The number of Topliss-reactive ketones (excluding diaryl/α,β-unsaturated/α-hetero) is 1. The van der Waals surface area contributed by atoms with E-state index in [1.165, 1.54) is 6.92 Å². The molecule has 0 spiro atoms. The Labute approximate surface area is 316 Å². The van der Waals surface area contributed by atoms with E-state index in [9.17, 15) is 34.1 Å². The molecule has 2 bridgehead atoms. The highest BCUT2D eigenvalue weighted by molar-refractivity contribution is 6.26. The van der Waals surface area contributed by atoms with Crippen LogP contribution >= 0.6 is 0 Å². The van der Waals surface area contributed by atoms with Gasteiger partial charge in [-0.3, -0.25) is 38.9 Å². The largest absolute Gasteiger partial charge is 0.462 e. The molecule has 14 nitrogen and oxygen atoms in total. The molecule has 0 heterocycles. The van der Waals surface area contributed by atoms with Gasteiger partial charge in [0.15, 0.2) is 30.2 Å². The van der Waals surface area contributed by atoms with Gasteiger partial charge >= 0.3 is 29.8 Å². The van der Waals surface area contributed by atoms with Crippen LogP contribution in [0.4, 0.5) is 0 Å². The van der Waals surface area contributed by atoms with Crippen molar-refractivity contribution in [2.24, 2.45) is 11.3 Å². The molecule has 0 amide bonds. The first-order chi connectivity index (χ1) is 26.1. The molecule has 0 unspecified atom stereocenters. The van der Waals surface area contributed by atoms with Crippen LogP contribution in [0.1, 0.15) is 58.2 Å². The smallest absolute Gasteiger partial charge is 0.303 e. The van der Waals surface area contributed by atoms with E-state index in [2.05, 4.69) is 0 Å². The Balaban J connectivity index is 1.95. The van der Waals surface area contributed by atoms with Gasteiger partial charge in [-0.05, 0) is 34.8 Å². The van der Waals surface area contributed by atoms with Crippen LogP contribution in [0.5, 0.6) is 0 Å². The second-order valence-electron chi connectivity index (χ2n) is 13.6. The first kappa shape index (κ1) is 40.0. The van der Waals surface area contributed by atoms with E-state index in [1.807, 2.05) is 0 Å². The van der Waals surface area contributed by atoms with Crippen molar-refractivity contribution in [2.75, 3.05) is 6.61 Å². The molecule has 8 atom stereocenters. The van der Waals surface area contributed by atoms with Crippen molar-refractivity contribution < 1.29 is 57.4 Å². The number of nitro groups is 1. The summed E-state index contributed by atoms with van der Waals surface area (Å²) in [6.45, 7) is 5.89. The van der Waals surface area contributed by atoms with Crippen LogP contribution in [0, 0.1) is 21.4 Å². The molecule has 14 heteroatoms. The van der Waals surface area contributed by atoms with Crippen molar-refractivity contribution in [3.8, 4) is 0 Å². The Morgan fingerprint density at radius 2 is 1.11 bits per heavy atom. The highest BCUT2D eigenvalue weighted by atomic mass is 16.6. The summed E-state index contributed by atoms with van der Waals surface area (Å²) >= 11 is 0. The molecule has 3 aromatic rings. The van der Waals surface area contributed by atoms with Gasteiger partial charge in [0.1, 0.15) is 12.0 Å². The Bertz CT molecular complexity index is 2010.